The maximum absolute atomic E-state index is 12.4. The highest BCUT2D eigenvalue weighted by Gasteiger charge is 2.56. The van der Waals surface area contributed by atoms with Gasteiger partial charge in [0.05, 0.1) is 13.0 Å². The summed E-state index contributed by atoms with van der Waals surface area (Å²) in [5.41, 5.74) is 1.32. The summed E-state index contributed by atoms with van der Waals surface area (Å²) in [5, 5.41) is 0. The van der Waals surface area contributed by atoms with Crippen molar-refractivity contribution in [1.29, 1.82) is 0 Å². The first-order valence-corrected chi connectivity index (χ1v) is 12.0. The SMILES string of the molecule is CC(C)(C=O)CC(=O)OC[C@]1(C)CCC[C@@]2(C)C3=CCC[C@](C)(I)C3CCC12. The number of ether oxygens (including phenoxy) is 1. The summed E-state index contributed by atoms with van der Waals surface area (Å²) in [6.07, 6.45) is 12.1. The molecular formula is C24H37IO3. The lowest BCUT2D eigenvalue weighted by molar-refractivity contribution is -0.155. The van der Waals surface area contributed by atoms with Crippen LogP contribution in [-0.4, -0.2) is 22.3 Å². The number of carbonyl (C=O) groups excluding carboxylic acids is 2. The Morgan fingerprint density at radius 1 is 1.25 bits per heavy atom. The van der Waals surface area contributed by atoms with Crippen molar-refractivity contribution in [3.63, 3.8) is 0 Å². The van der Waals surface area contributed by atoms with Crippen LogP contribution in [0, 0.1) is 28.1 Å². The third-order valence-corrected chi connectivity index (χ3v) is 9.33. The molecule has 158 valence electrons. The van der Waals surface area contributed by atoms with Crippen molar-refractivity contribution in [2.45, 2.75) is 89.4 Å². The zero-order valence-electron chi connectivity index (χ0n) is 18.3. The highest BCUT2D eigenvalue weighted by Crippen LogP contribution is 2.64. The van der Waals surface area contributed by atoms with Gasteiger partial charge in [-0.05, 0) is 62.7 Å². The normalized spacial score (nSPS) is 40.7. The van der Waals surface area contributed by atoms with Gasteiger partial charge < -0.3 is 9.53 Å². The topological polar surface area (TPSA) is 43.4 Å². The first-order valence-electron chi connectivity index (χ1n) is 10.9. The zero-order chi connectivity index (χ0) is 20.8. The molecule has 0 spiro atoms. The van der Waals surface area contributed by atoms with E-state index < -0.39 is 5.41 Å². The number of hydrogen-bond acceptors (Lipinski definition) is 3. The van der Waals surface area contributed by atoms with Crippen LogP contribution in [0.1, 0.15) is 86.0 Å². The van der Waals surface area contributed by atoms with Gasteiger partial charge in [0, 0.05) is 14.3 Å². The molecule has 4 heteroatoms. The molecule has 0 aromatic heterocycles. The molecule has 5 atom stereocenters. The molecule has 0 bridgehead atoms. The van der Waals surface area contributed by atoms with Gasteiger partial charge in [-0.25, -0.2) is 0 Å². The van der Waals surface area contributed by atoms with E-state index in [1.165, 1.54) is 38.5 Å². The predicted molar refractivity (Wildman–Crippen MR) is 121 cm³/mol. The first-order chi connectivity index (χ1) is 12.9. The van der Waals surface area contributed by atoms with Crippen molar-refractivity contribution in [3.05, 3.63) is 11.6 Å². The van der Waals surface area contributed by atoms with E-state index in [1.54, 1.807) is 19.4 Å². The number of carbonyl (C=O) groups is 2. The molecule has 0 radical (unpaired) electrons. The smallest absolute Gasteiger partial charge is 0.306 e. The Labute approximate surface area is 184 Å². The van der Waals surface area contributed by atoms with E-state index >= 15 is 0 Å². The van der Waals surface area contributed by atoms with Gasteiger partial charge in [-0.2, -0.15) is 0 Å². The van der Waals surface area contributed by atoms with E-state index in [-0.39, 0.29) is 23.2 Å². The van der Waals surface area contributed by atoms with Gasteiger partial charge >= 0.3 is 5.97 Å². The third-order valence-electron chi connectivity index (χ3n) is 8.04. The van der Waals surface area contributed by atoms with Crippen LogP contribution in [0.15, 0.2) is 11.6 Å². The molecule has 3 aliphatic carbocycles. The van der Waals surface area contributed by atoms with Gasteiger partial charge in [-0.15, -0.1) is 0 Å². The van der Waals surface area contributed by atoms with Crippen LogP contribution in [-0.2, 0) is 14.3 Å². The Morgan fingerprint density at radius 3 is 2.64 bits per heavy atom. The van der Waals surface area contributed by atoms with E-state index in [2.05, 4.69) is 49.4 Å². The summed E-state index contributed by atoms with van der Waals surface area (Å²) >= 11 is 2.71. The predicted octanol–water partition coefficient (Wildman–Crippen LogP) is 6.28. The molecule has 28 heavy (non-hydrogen) atoms. The number of rotatable bonds is 5. The summed E-state index contributed by atoms with van der Waals surface area (Å²) in [6, 6.07) is 0. The second-order valence-electron chi connectivity index (χ2n) is 11.0. The first kappa shape index (κ1) is 22.3. The minimum atomic E-state index is -0.644. The number of fused-ring (bicyclic) bond motifs is 3. The Morgan fingerprint density at radius 2 is 1.96 bits per heavy atom. The summed E-state index contributed by atoms with van der Waals surface area (Å²) in [5.74, 6) is 1.02. The van der Waals surface area contributed by atoms with E-state index in [4.69, 9.17) is 4.74 Å². The van der Waals surface area contributed by atoms with Gasteiger partial charge in [0.2, 0.25) is 0 Å². The quantitative estimate of drug-likeness (QED) is 0.147. The largest absolute Gasteiger partial charge is 0.465 e. The molecule has 2 fully saturated rings. The van der Waals surface area contributed by atoms with Crippen molar-refractivity contribution in [3.8, 4) is 0 Å². The summed E-state index contributed by atoms with van der Waals surface area (Å²) in [7, 11) is 0. The van der Waals surface area contributed by atoms with Crippen LogP contribution in [0.2, 0.25) is 0 Å². The molecule has 2 unspecified atom stereocenters. The van der Waals surface area contributed by atoms with E-state index in [1.807, 2.05) is 0 Å². The average Bonchev–Trinajstić information content (AvgIpc) is 2.60. The third kappa shape index (κ3) is 4.09. The van der Waals surface area contributed by atoms with Gasteiger partial charge in [0.15, 0.2) is 0 Å². The lowest BCUT2D eigenvalue weighted by atomic mass is 9.46. The lowest BCUT2D eigenvalue weighted by Crippen LogP contribution is -2.53. The minimum Gasteiger partial charge on any atom is -0.465 e. The molecule has 0 N–H and O–H groups in total. The van der Waals surface area contributed by atoms with Crippen LogP contribution in [0.4, 0.5) is 0 Å². The molecule has 2 saturated carbocycles. The lowest BCUT2D eigenvalue weighted by Gasteiger charge is -2.60. The number of alkyl halides is 1. The molecule has 0 aromatic carbocycles. The van der Waals surface area contributed by atoms with Crippen LogP contribution in [0.5, 0.6) is 0 Å². The summed E-state index contributed by atoms with van der Waals surface area (Å²) in [6.45, 7) is 11.3. The van der Waals surface area contributed by atoms with E-state index in [9.17, 15) is 9.59 Å². The van der Waals surface area contributed by atoms with Crippen molar-refractivity contribution in [2.75, 3.05) is 6.61 Å². The van der Waals surface area contributed by atoms with Crippen molar-refractivity contribution in [1.82, 2.24) is 0 Å². The molecule has 3 nitrogen and oxygen atoms in total. The summed E-state index contributed by atoms with van der Waals surface area (Å²) < 4.78 is 6.15. The van der Waals surface area contributed by atoms with Crippen LogP contribution in [0.3, 0.4) is 0 Å². The fourth-order valence-corrected chi connectivity index (χ4v) is 7.40. The van der Waals surface area contributed by atoms with Crippen molar-refractivity contribution < 1.29 is 14.3 Å². The van der Waals surface area contributed by atoms with Crippen molar-refractivity contribution >= 4 is 34.8 Å². The molecule has 0 saturated heterocycles. The molecule has 0 heterocycles. The van der Waals surface area contributed by atoms with Crippen LogP contribution >= 0.6 is 22.6 Å². The van der Waals surface area contributed by atoms with E-state index in [0.29, 0.717) is 21.9 Å². The summed E-state index contributed by atoms with van der Waals surface area (Å²) in [4.78, 5) is 23.5. The van der Waals surface area contributed by atoms with Gasteiger partial charge in [0.1, 0.15) is 6.29 Å². The Kier molecular flexibility index (Phi) is 6.13. The fraction of sp³-hybridized carbons (Fsp3) is 0.833. The second kappa shape index (κ2) is 7.70. The monoisotopic (exact) mass is 500 g/mol. The van der Waals surface area contributed by atoms with Gasteiger partial charge in [-0.3, -0.25) is 4.79 Å². The van der Waals surface area contributed by atoms with Crippen LogP contribution in [0.25, 0.3) is 0 Å². The number of aldehydes is 1. The molecular weight excluding hydrogens is 463 g/mol. The Bertz CT molecular complexity index is 665. The standard InChI is InChI=1S/C24H37IO3/c1-21(2,15-26)14-20(27)28-16-22(3)11-7-12-23(4)17-8-6-13-24(5,25)18(17)9-10-19(22)23/h8,15,18-19H,6-7,9-14,16H2,1-5H3/t18?,19?,22-,23-,24-/m0/s1. The minimum absolute atomic E-state index is 0.0267. The van der Waals surface area contributed by atoms with Crippen molar-refractivity contribution in [2.24, 2.45) is 28.1 Å². The maximum Gasteiger partial charge on any atom is 0.306 e. The van der Waals surface area contributed by atoms with E-state index in [0.717, 1.165) is 12.7 Å². The molecule has 0 aliphatic heterocycles. The average molecular weight is 500 g/mol. The maximum atomic E-state index is 12.4. The number of esters is 1. The molecule has 3 rings (SSSR count). The number of halogens is 1. The molecule has 3 aliphatic rings. The Balaban J connectivity index is 1.77. The molecule has 0 aromatic rings. The number of allylic oxidation sites excluding steroid dienone is 2. The Hall–Kier alpha value is -0.390. The second-order valence-corrected chi connectivity index (χ2v) is 13.5. The highest BCUT2D eigenvalue weighted by atomic mass is 127. The fourth-order valence-electron chi connectivity index (χ4n) is 6.44. The van der Waals surface area contributed by atoms with Gasteiger partial charge in [0.25, 0.3) is 0 Å². The van der Waals surface area contributed by atoms with Gasteiger partial charge in [-0.1, -0.05) is 68.4 Å². The zero-order valence-corrected chi connectivity index (χ0v) is 20.4. The van der Waals surface area contributed by atoms with Crippen LogP contribution < -0.4 is 0 Å². The number of hydrogen-bond donors (Lipinski definition) is 0. The molecule has 0 amide bonds. The highest BCUT2D eigenvalue weighted by molar-refractivity contribution is 14.1.